The number of benzene rings is 2. The molecule has 0 bridgehead atoms. The lowest BCUT2D eigenvalue weighted by atomic mass is 10.2. The number of nitrogens with one attached hydrogen (secondary N) is 1. The molecule has 0 unspecified atom stereocenters. The minimum Gasteiger partial charge on any atom is -0.353 e. The van der Waals surface area contributed by atoms with E-state index in [2.05, 4.69) is 10.2 Å². The van der Waals surface area contributed by atoms with E-state index in [1.54, 1.807) is 24.3 Å². The molecule has 4 rings (SSSR count). The minimum atomic E-state index is -0.639. The molecule has 1 amide bonds. The Bertz CT molecular complexity index is 1180. The predicted octanol–water partition coefficient (Wildman–Crippen LogP) is 1.50. The molecule has 0 radical (unpaired) electrons. The van der Waals surface area contributed by atoms with E-state index in [0.29, 0.717) is 17.4 Å². The van der Waals surface area contributed by atoms with E-state index in [1.165, 1.54) is 41.7 Å². The number of para-hydroxylation sites is 1. The second kappa shape index (κ2) is 8.62. The molecule has 1 aliphatic heterocycles. The van der Waals surface area contributed by atoms with Crippen molar-refractivity contribution in [2.24, 2.45) is 0 Å². The predicted molar refractivity (Wildman–Crippen MR) is 112 cm³/mol. The van der Waals surface area contributed by atoms with Crippen LogP contribution in [0.25, 0.3) is 16.6 Å². The number of carbonyl (C=O) groups is 1. The van der Waals surface area contributed by atoms with Gasteiger partial charge in [-0.1, -0.05) is 12.1 Å². The summed E-state index contributed by atoms with van der Waals surface area (Å²) in [5.74, 6) is -0.768. The summed E-state index contributed by atoms with van der Waals surface area (Å²) in [6, 6.07) is 11.8. The van der Waals surface area contributed by atoms with Crippen molar-refractivity contribution in [1.82, 2.24) is 19.4 Å². The van der Waals surface area contributed by atoms with Crippen LogP contribution in [0.1, 0.15) is 12.8 Å². The van der Waals surface area contributed by atoms with E-state index in [4.69, 9.17) is 0 Å². The van der Waals surface area contributed by atoms with Gasteiger partial charge in [-0.15, -0.1) is 0 Å². The van der Waals surface area contributed by atoms with Crippen LogP contribution in [-0.4, -0.2) is 46.1 Å². The average molecular weight is 410 g/mol. The lowest BCUT2D eigenvalue weighted by Gasteiger charge is -2.16. The Morgan fingerprint density at radius 2 is 1.70 bits per heavy atom. The molecule has 30 heavy (non-hydrogen) atoms. The van der Waals surface area contributed by atoms with Crippen molar-refractivity contribution in [1.29, 1.82) is 0 Å². The van der Waals surface area contributed by atoms with Crippen LogP contribution in [0.15, 0.2) is 58.1 Å². The fraction of sp³-hybridized carbons (Fsp3) is 0.318. The van der Waals surface area contributed by atoms with E-state index in [-0.39, 0.29) is 18.1 Å². The summed E-state index contributed by atoms with van der Waals surface area (Å²) in [5, 5.41) is 3.17. The molecule has 3 aromatic rings. The average Bonchev–Trinajstić information content (AvgIpc) is 3.26. The first-order chi connectivity index (χ1) is 14.5. The Hall–Kier alpha value is -3.26. The van der Waals surface area contributed by atoms with Crippen LogP contribution < -0.4 is 16.6 Å². The van der Waals surface area contributed by atoms with Crippen molar-refractivity contribution < 1.29 is 9.18 Å². The standard InChI is InChI=1S/C22H23FN4O3/c23-16-7-9-17(10-8-16)27-21(29)18-5-1-2-6-19(18)26(22(27)30)15-20(28)24-11-14-25-12-3-4-13-25/h1-2,5-10H,3-4,11-15H2,(H,24,28). The smallest absolute Gasteiger partial charge is 0.336 e. The molecule has 1 aromatic heterocycles. The monoisotopic (exact) mass is 410 g/mol. The lowest BCUT2D eigenvalue weighted by Crippen LogP contribution is -2.42. The normalized spacial score (nSPS) is 14.3. The van der Waals surface area contributed by atoms with Gasteiger partial charge in [0.2, 0.25) is 5.91 Å². The molecular formula is C22H23FN4O3. The molecule has 0 atom stereocenters. The third kappa shape index (κ3) is 4.04. The topological polar surface area (TPSA) is 76.3 Å². The van der Waals surface area contributed by atoms with Crippen LogP contribution in [0, 0.1) is 5.82 Å². The number of rotatable bonds is 6. The molecule has 1 saturated heterocycles. The van der Waals surface area contributed by atoms with Gasteiger partial charge < -0.3 is 10.2 Å². The number of hydrogen-bond donors (Lipinski definition) is 1. The second-order valence-electron chi connectivity index (χ2n) is 7.40. The quantitative estimate of drug-likeness (QED) is 0.668. The van der Waals surface area contributed by atoms with Crippen LogP contribution in [0.5, 0.6) is 0 Å². The van der Waals surface area contributed by atoms with Gasteiger partial charge in [-0.25, -0.2) is 13.8 Å². The highest BCUT2D eigenvalue weighted by atomic mass is 19.1. The van der Waals surface area contributed by atoms with Gasteiger partial charge in [0.15, 0.2) is 0 Å². The fourth-order valence-corrected chi connectivity index (χ4v) is 3.85. The zero-order valence-electron chi connectivity index (χ0n) is 16.5. The van der Waals surface area contributed by atoms with E-state index in [0.717, 1.165) is 24.2 Å². The van der Waals surface area contributed by atoms with Gasteiger partial charge >= 0.3 is 5.69 Å². The van der Waals surface area contributed by atoms with Crippen molar-refractivity contribution in [3.63, 3.8) is 0 Å². The van der Waals surface area contributed by atoms with Gasteiger partial charge in [0, 0.05) is 13.1 Å². The van der Waals surface area contributed by atoms with E-state index < -0.39 is 17.1 Å². The van der Waals surface area contributed by atoms with Crippen molar-refractivity contribution >= 4 is 16.8 Å². The van der Waals surface area contributed by atoms with Gasteiger partial charge in [-0.05, 0) is 62.3 Å². The van der Waals surface area contributed by atoms with Gasteiger partial charge in [0.05, 0.1) is 16.6 Å². The molecule has 0 spiro atoms. The summed E-state index contributed by atoms with van der Waals surface area (Å²) < 4.78 is 15.6. The fourth-order valence-electron chi connectivity index (χ4n) is 3.85. The van der Waals surface area contributed by atoms with E-state index in [9.17, 15) is 18.8 Å². The number of carbonyl (C=O) groups excluding carboxylic acids is 1. The van der Waals surface area contributed by atoms with Gasteiger partial charge in [-0.3, -0.25) is 14.2 Å². The largest absolute Gasteiger partial charge is 0.353 e. The second-order valence-corrected chi connectivity index (χ2v) is 7.40. The first kappa shape index (κ1) is 20.0. The Morgan fingerprint density at radius 1 is 1.00 bits per heavy atom. The maximum absolute atomic E-state index is 13.3. The number of hydrogen-bond acceptors (Lipinski definition) is 4. The van der Waals surface area contributed by atoms with Crippen molar-refractivity contribution in [3.8, 4) is 5.69 Å². The van der Waals surface area contributed by atoms with Gasteiger partial charge in [-0.2, -0.15) is 0 Å². The summed E-state index contributed by atoms with van der Waals surface area (Å²) in [4.78, 5) is 40.9. The maximum atomic E-state index is 13.3. The van der Waals surface area contributed by atoms with Crippen LogP contribution in [0.4, 0.5) is 4.39 Å². The SMILES string of the molecule is O=C(Cn1c(=O)n(-c2ccc(F)cc2)c(=O)c2ccccc21)NCCN1CCCC1. The zero-order valence-corrected chi connectivity index (χ0v) is 16.5. The molecular weight excluding hydrogens is 387 g/mol. The Balaban J connectivity index is 1.66. The van der Waals surface area contributed by atoms with Crippen molar-refractivity contribution in [2.75, 3.05) is 26.2 Å². The van der Waals surface area contributed by atoms with Gasteiger partial charge in [0.25, 0.3) is 5.56 Å². The molecule has 1 N–H and O–H groups in total. The summed E-state index contributed by atoms with van der Waals surface area (Å²) in [5.41, 5.74) is -0.506. The number of amides is 1. The highest BCUT2D eigenvalue weighted by Gasteiger charge is 2.17. The number of fused-ring (bicyclic) bond motifs is 1. The first-order valence-corrected chi connectivity index (χ1v) is 10.0. The number of halogens is 1. The van der Waals surface area contributed by atoms with E-state index >= 15 is 0 Å². The molecule has 1 fully saturated rings. The van der Waals surface area contributed by atoms with E-state index in [1.807, 2.05) is 0 Å². The maximum Gasteiger partial charge on any atom is 0.336 e. The minimum absolute atomic E-state index is 0.208. The molecule has 2 aromatic carbocycles. The number of nitrogens with zero attached hydrogens (tertiary/aromatic N) is 3. The highest BCUT2D eigenvalue weighted by molar-refractivity contribution is 5.81. The summed E-state index contributed by atoms with van der Waals surface area (Å²) in [6.07, 6.45) is 2.36. The third-order valence-electron chi connectivity index (χ3n) is 5.39. The first-order valence-electron chi connectivity index (χ1n) is 10.0. The van der Waals surface area contributed by atoms with Gasteiger partial charge in [0.1, 0.15) is 12.4 Å². The molecule has 8 heteroatoms. The number of likely N-dealkylation sites (tertiary alicyclic amines) is 1. The Kier molecular flexibility index (Phi) is 5.76. The molecule has 7 nitrogen and oxygen atoms in total. The van der Waals surface area contributed by atoms with Crippen LogP contribution in [-0.2, 0) is 11.3 Å². The summed E-state index contributed by atoms with van der Waals surface area (Å²) in [7, 11) is 0. The molecule has 2 heterocycles. The zero-order chi connectivity index (χ0) is 21.1. The van der Waals surface area contributed by atoms with Crippen molar-refractivity contribution in [2.45, 2.75) is 19.4 Å². The summed E-state index contributed by atoms with van der Waals surface area (Å²) >= 11 is 0. The summed E-state index contributed by atoms with van der Waals surface area (Å²) in [6.45, 7) is 3.16. The van der Waals surface area contributed by atoms with Crippen molar-refractivity contribution in [3.05, 3.63) is 75.2 Å². The molecule has 156 valence electrons. The number of aromatic nitrogens is 2. The van der Waals surface area contributed by atoms with Crippen LogP contribution in [0.2, 0.25) is 0 Å². The molecule has 0 aliphatic carbocycles. The van der Waals surface area contributed by atoms with Crippen LogP contribution in [0.3, 0.4) is 0 Å². The third-order valence-corrected chi connectivity index (χ3v) is 5.39. The molecule has 1 aliphatic rings. The molecule has 0 saturated carbocycles. The lowest BCUT2D eigenvalue weighted by molar-refractivity contribution is -0.121. The Labute approximate surface area is 172 Å². The Morgan fingerprint density at radius 3 is 2.43 bits per heavy atom. The van der Waals surface area contributed by atoms with Crippen LogP contribution >= 0.6 is 0 Å². The highest BCUT2D eigenvalue weighted by Crippen LogP contribution is 2.11.